The topological polar surface area (TPSA) is 108 Å². The smallest absolute Gasteiger partial charge is 0.268 e. The number of aliphatic hydroxyl groups excluding tert-OH is 1. The SMILES string of the molecule is CC/C=C\C/C=C\C/C=C\C/C=C\C/C=C\C/C=C\C/C=C\CCCCCC(=O)NC(COP(=O)([O-])OCC[N+](C)(C)C)C(O)/C=C/CC/C=C/CCCCCCCCCCCCCCCCCC. The number of nitrogens with one attached hydrogen (secondary N) is 1. The van der Waals surface area contributed by atoms with Gasteiger partial charge in [0.2, 0.25) is 5.91 Å². The molecular formula is C60H105N2O6P. The lowest BCUT2D eigenvalue weighted by atomic mass is 10.0. The normalized spacial score (nSPS) is 14.8. The summed E-state index contributed by atoms with van der Waals surface area (Å²) >= 11 is 0. The monoisotopic (exact) mass is 981 g/mol. The van der Waals surface area contributed by atoms with Crippen LogP contribution in [0.15, 0.2) is 109 Å². The molecule has 1 amide bonds. The fourth-order valence-electron chi connectivity index (χ4n) is 7.38. The summed E-state index contributed by atoms with van der Waals surface area (Å²) in [6, 6.07) is -0.930. The highest BCUT2D eigenvalue weighted by Crippen LogP contribution is 2.38. The Morgan fingerprint density at radius 1 is 0.522 bits per heavy atom. The second-order valence-electron chi connectivity index (χ2n) is 19.5. The number of phosphoric acid groups is 1. The van der Waals surface area contributed by atoms with Crippen LogP contribution >= 0.6 is 7.82 Å². The van der Waals surface area contributed by atoms with Crippen molar-refractivity contribution in [2.24, 2.45) is 0 Å². The first kappa shape index (κ1) is 66.2. The lowest BCUT2D eigenvalue weighted by molar-refractivity contribution is -0.870. The van der Waals surface area contributed by atoms with E-state index in [1.54, 1.807) is 6.08 Å². The lowest BCUT2D eigenvalue weighted by Gasteiger charge is -2.29. The predicted molar refractivity (Wildman–Crippen MR) is 297 cm³/mol. The Bertz CT molecular complexity index is 1490. The van der Waals surface area contributed by atoms with Gasteiger partial charge in [0.05, 0.1) is 39.9 Å². The van der Waals surface area contributed by atoms with Gasteiger partial charge in [-0.25, -0.2) is 0 Å². The number of rotatable bonds is 49. The zero-order valence-electron chi connectivity index (χ0n) is 45.0. The Morgan fingerprint density at radius 3 is 1.35 bits per heavy atom. The molecule has 0 aromatic rings. The number of likely N-dealkylation sites (N-methyl/N-ethyl adjacent to an activating group) is 1. The Balaban J connectivity index is 4.41. The largest absolute Gasteiger partial charge is 0.756 e. The molecule has 0 saturated carbocycles. The van der Waals surface area contributed by atoms with Gasteiger partial charge in [-0.05, 0) is 89.9 Å². The van der Waals surface area contributed by atoms with E-state index in [-0.39, 0.29) is 18.9 Å². The second kappa shape index (κ2) is 50.1. The molecule has 0 fully saturated rings. The van der Waals surface area contributed by atoms with Crippen LogP contribution in [0.2, 0.25) is 0 Å². The molecule has 9 heteroatoms. The molecule has 3 unspecified atom stereocenters. The molecule has 0 bridgehead atoms. The summed E-state index contributed by atoms with van der Waals surface area (Å²) in [6.07, 6.45) is 73.0. The quantitative estimate of drug-likeness (QED) is 0.0272. The van der Waals surface area contributed by atoms with Crippen molar-refractivity contribution in [2.45, 2.75) is 225 Å². The summed E-state index contributed by atoms with van der Waals surface area (Å²) in [5, 5.41) is 13.8. The first-order chi connectivity index (χ1) is 33.5. The zero-order valence-corrected chi connectivity index (χ0v) is 45.9. The van der Waals surface area contributed by atoms with Crippen LogP contribution in [0.3, 0.4) is 0 Å². The molecular weight excluding hydrogens is 876 g/mol. The van der Waals surface area contributed by atoms with Crippen molar-refractivity contribution in [3.05, 3.63) is 109 Å². The van der Waals surface area contributed by atoms with Gasteiger partial charge in [-0.3, -0.25) is 9.36 Å². The summed E-state index contributed by atoms with van der Waals surface area (Å²) in [5.41, 5.74) is 0. The maximum absolute atomic E-state index is 12.9. The summed E-state index contributed by atoms with van der Waals surface area (Å²) in [4.78, 5) is 25.5. The van der Waals surface area contributed by atoms with Gasteiger partial charge in [0.1, 0.15) is 13.2 Å². The molecule has 69 heavy (non-hydrogen) atoms. The van der Waals surface area contributed by atoms with Crippen molar-refractivity contribution < 1.29 is 32.9 Å². The molecule has 8 nitrogen and oxygen atoms in total. The number of amides is 1. The minimum Gasteiger partial charge on any atom is -0.756 e. The van der Waals surface area contributed by atoms with Gasteiger partial charge in [-0.2, -0.15) is 0 Å². The molecule has 396 valence electrons. The van der Waals surface area contributed by atoms with E-state index in [4.69, 9.17) is 9.05 Å². The van der Waals surface area contributed by atoms with Gasteiger partial charge in [0.25, 0.3) is 7.82 Å². The molecule has 0 heterocycles. The average molecular weight is 981 g/mol. The number of carbonyl (C=O) groups excluding carboxylic acids is 1. The lowest BCUT2D eigenvalue weighted by Crippen LogP contribution is -2.45. The third-order valence-corrected chi connectivity index (χ3v) is 12.7. The highest BCUT2D eigenvalue weighted by atomic mass is 31.2. The van der Waals surface area contributed by atoms with Crippen LogP contribution in [0.1, 0.15) is 213 Å². The van der Waals surface area contributed by atoms with Crippen LogP contribution in [0.25, 0.3) is 0 Å². The highest BCUT2D eigenvalue weighted by molar-refractivity contribution is 7.45. The first-order valence-corrected chi connectivity index (χ1v) is 29.2. The number of nitrogens with zero attached hydrogens (tertiary/aromatic N) is 1. The summed E-state index contributed by atoms with van der Waals surface area (Å²) in [7, 11) is 1.20. The average Bonchev–Trinajstić information content (AvgIpc) is 3.31. The number of unbranched alkanes of at least 4 members (excludes halogenated alkanes) is 20. The Hall–Kier alpha value is -2.84. The van der Waals surface area contributed by atoms with E-state index in [1.165, 1.54) is 103 Å². The van der Waals surface area contributed by atoms with Gasteiger partial charge in [-0.15, -0.1) is 0 Å². The number of allylic oxidation sites excluding steroid dienone is 17. The summed E-state index contributed by atoms with van der Waals surface area (Å²) in [6.45, 7) is 4.48. The second-order valence-corrected chi connectivity index (χ2v) is 21.0. The standard InChI is InChI=1S/C60H105N2O6P/c1-6-8-10-12-14-16-18-20-22-24-26-28-30-31-32-34-36-38-40-42-44-46-48-50-52-54-60(64)61-58(57-68-69(65,66)67-56-55-62(3,4)5)59(63)53-51-49-47-45-43-41-39-37-35-33-29-27-25-23-21-19-17-15-13-11-9-7-2/h8,10,14,16,20,22,26,28,31-32,36,38,42-45,51,53,58-59,63H,6-7,9,11-13,15,17-19,21,23-25,27,29-30,33-35,37,39-41,46-50,52,54-57H2,1-5H3,(H-,61,64,65,66)/b10-8-,16-14-,22-20-,28-26-,32-31-,38-36-,44-42-,45-43+,53-51+. The number of aliphatic hydroxyl groups is 1. The maximum Gasteiger partial charge on any atom is 0.268 e. The fraction of sp³-hybridized carbons (Fsp3) is 0.683. The predicted octanol–water partition coefficient (Wildman–Crippen LogP) is 16.2. The number of phosphoric ester groups is 1. The Kier molecular flexibility index (Phi) is 48.1. The third kappa shape index (κ3) is 52.8. The maximum atomic E-state index is 12.9. The van der Waals surface area contributed by atoms with Gasteiger partial charge < -0.3 is 28.8 Å². The Morgan fingerprint density at radius 2 is 0.899 bits per heavy atom. The summed E-state index contributed by atoms with van der Waals surface area (Å²) < 4.78 is 23.3. The minimum atomic E-state index is -4.62. The van der Waals surface area contributed by atoms with E-state index in [0.29, 0.717) is 17.4 Å². The van der Waals surface area contributed by atoms with Crippen molar-refractivity contribution in [1.82, 2.24) is 5.32 Å². The van der Waals surface area contributed by atoms with Crippen molar-refractivity contribution in [2.75, 3.05) is 40.9 Å². The Labute approximate surface area is 425 Å². The molecule has 0 aromatic heterocycles. The van der Waals surface area contributed by atoms with E-state index < -0.39 is 26.6 Å². The molecule has 0 radical (unpaired) electrons. The molecule has 3 atom stereocenters. The fourth-order valence-corrected chi connectivity index (χ4v) is 8.11. The molecule has 0 aliphatic carbocycles. The number of hydrogen-bond acceptors (Lipinski definition) is 6. The highest BCUT2D eigenvalue weighted by Gasteiger charge is 2.23. The molecule has 2 N–H and O–H groups in total. The van der Waals surface area contributed by atoms with Crippen LogP contribution < -0.4 is 10.2 Å². The molecule has 0 rings (SSSR count). The van der Waals surface area contributed by atoms with Gasteiger partial charge >= 0.3 is 0 Å². The summed E-state index contributed by atoms with van der Waals surface area (Å²) in [5.74, 6) is -0.243. The van der Waals surface area contributed by atoms with E-state index in [0.717, 1.165) is 83.5 Å². The van der Waals surface area contributed by atoms with E-state index >= 15 is 0 Å². The molecule has 0 spiro atoms. The van der Waals surface area contributed by atoms with Crippen molar-refractivity contribution >= 4 is 13.7 Å². The van der Waals surface area contributed by atoms with Crippen molar-refractivity contribution in [3.8, 4) is 0 Å². The van der Waals surface area contributed by atoms with Gasteiger partial charge in [0, 0.05) is 6.42 Å². The van der Waals surface area contributed by atoms with E-state index in [9.17, 15) is 19.4 Å². The number of carbonyl (C=O) groups is 1. The van der Waals surface area contributed by atoms with Crippen LogP contribution in [0.4, 0.5) is 0 Å². The molecule has 0 aromatic carbocycles. The van der Waals surface area contributed by atoms with Gasteiger partial charge in [0.15, 0.2) is 0 Å². The minimum absolute atomic E-state index is 0.0194. The van der Waals surface area contributed by atoms with Crippen LogP contribution in [-0.4, -0.2) is 68.5 Å². The van der Waals surface area contributed by atoms with E-state index in [2.05, 4.69) is 116 Å². The molecule has 0 aliphatic heterocycles. The number of hydrogen-bond donors (Lipinski definition) is 2. The van der Waals surface area contributed by atoms with Gasteiger partial charge in [-0.1, -0.05) is 226 Å². The van der Waals surface area contributed by atoms with Crippen LogP contribution in [-0.2, 0) is 18.4 Å². The van der Waals surface area contributed by atoms with Crippen molar-refractivity contribution in [3.63, 3.8) is 0 Å². The van der Waals surface area contributed by atoms with Crippen LogP contribution in [0.5, 0.6) is 0 Å². The molecule has 0 aliphatic rings. The zero-order chi connectivity index (χ0) is 50.6. The van der Waals surface area contributed by atoms with Crippen LogP contribution in [0, 0.1) is 0 Å². The first-order valence-electron chi connectivity index (χ1n) is 27.7. The number of quaternary nitrogens is 1. The molecule has 0 saturated heterocycles. The third-order valence-electron chi connectivity index (χ3n) is 11.7. The van der Waals surface area contributed by atoms with E-state index in [1.807, 2.05) is 27.2 Å². The van der Waals surface area contributed by atoms with Crippen molar-refractivity contribution in [1.29, 1.82) is 0 Å².